The number of anilines is 1. The highest BCUT2D eigenvalue weighted by Crippen LogP contribution is 2.40. The van der Waals surface area contributed by atoms with Crippen LogP contribution in [0.25, 0.3) is 0 Å². The minimum Gasteiger partial charge on any atom is -0.452 e. The number of para-hydroxylation sites is 1. The summed E-state index contributed by atoms with van der Waals surface area (Å²) in [6.45, 7) is 1.20. The van der Waals surface area contributed by atoms with Crippen molar-refractivity contribution in [1.29, 1.82) is 0 Å². The van der Waals surface area contributed by atoms with Crippen molar-refractivity contribution in [1.82, 2.24) is 4.90 Å². The monoisotopic (exact) mass is 302 g/mol. The van der Waals surface area contributed by atoms with E-state index in [1.54, 1.807) is 4.90 Å². The van der Waals surface area contributed by atoms with Crippen LogP contribution in [0.4, 0.5) is 10.5 Å². The molecular formula is C17H22N2O3. The van der Waals surface area contributed by atoms with Crippen molar-refractivity contribution in [2.24, 2.45) is 0 Å². The van der Waals surface area contributed by atoms with Crippen molar-refractivity contribution in [3.63, 3.8) is 0 Å². The van der Waals surface area contributed by atoms with Gasteiger partial charge in [-0.2, -0.15) is 0 Å². The second-order valence-electron chi connectivity index (χ2n) is 6.22. The zero-order valence-electron chi connectivity index (χ0n) is 13.1. The molecule has 5 nitrogen and oxygen atoms in total. The van der Waals surface area contributed by atoms with E-state index >= 15 is 0 Å². The molecule has 2 aliphatic heterocycles. The van der Waals surface area contributed by atoms with Gasteiger partial charge in [-0.15, -0.1) is 0 Å². The van der Waals surface area contributed by atoms with Crippen LogP contribution in [-0.2, 0) is 9.53 Å². The van der Waals surface area contributed by atoms with E-state index in [9.17, 15) is 9.59 Å². The van der Waals surface area contributed by atoms with Gasteiger partial charge in [-0.3, -0.25) is 14.6 Å². The van der Waals surface area contributed by atoms with Crippen LogP contribution in [0.2, 0.25) is 0 Å². The highest BCUT2D eigenvalue weighted by Gasteiger charge is 2.35. The van der Waals surface area contributed by atoms with Crippen molar-refractivity contribution in [3.8, 4) is 0 Å². The van der Waals surface area contributed by atoms with Crippen LogP contribution >= 0.6 is 0 Å². The molecule has 1 saturated heterocycles. The number of methoxy groups -OCH3 is 1. The number of piperidine rings is 1. The van der Waals surface area contributed by atoms with Gasteiger partial charge < -0.3 is 4.74 Å². The largest absolute Gasteiger partial charge is 0.452 e. The summed E-state index contributed by atoms with van der Waals surface area (Å²) >= 11 is 0. The number of carbonyl (C=O) groups is 2. The van der Waals surface area contributed by atoms with Crippen LogP contribution in [0.15, 0.2) is 24.3 Å². The molecular weight excluding hydrogens is 280 g/mol. The Kier molecular flexibility index (Phi) is 4.16. The Morgan fingerprint density at radius 2 is 2.14 bits per heavy atom. The molecule has 1 fully saturated rings. The summed E-state index contributed by atoms with van der Waals surface area (Å²) in [4.78, 5) is 27.4. The number of ketones is 1. The predicted molar refractivity (Wildman–Crippen MR) is 84.2 cm³/mol. The third-order valence-electron chi connectivity index (χ3n) is 4.83. The van der Waals surface area contributed by atoms with Gasteiger partial charge in [-0.1, -0.05) is 18.2 Å². The number of hydrogen-bond donors (Lipinski definition) is 0. The Bertz CT molecular complexity index is 587. The van der Waals surface area contributed by atoms with E-state index < -0.39 is 0 Å². The lowest BCUT2D eigenvalue weighted by atomic mass is 9.89. The van der Waals surface area contributed by atoms with Crippen molar-refractivity contribution in [2.45, 2.75) is 31.2 Å². The van der Waals surface area contributed by atoms with Crippen molar-refractivity contribution < 1.29 is 14.3 Å². The molecule has 5 heteroatoms. The summed E-state index contributed by atoms with van der Waals surface area (Å²) in [6, 6.07) is 8.42. The molecule has 0 saturated carbocycles. The van der Waals surface area contributed by atoms with Crippen molar-refractivity contribution >= 4 is 17.6 Å². The summed E-state index contributed by atoms with van der Waals surface area (Å²) in [5, 5.41) is 0. The molecule has 2 atom stereocenters. The first-order chi connectivity index (χ1) is 10.6. The molecule has 22 heavy (non-hydrogen) atoms. The van der Waals surface area contributed by atoms with Crippen molar-refractivity contribution in [3.05, 3.63) is 29.8 Å². The lowest BCUT2D eigenvalue weighted by Gasteiger charge is -2.33. The zero-order valence-corrected chi connectivity index (χ0v) is 13.1. The van der Waals surface area contributed by atoms with Crippen LogP contribution in [-0.4, -0.2) is 50.1 Å². The van der Waals surface area contributed by atoms with Gasteiger partial charge >= 0.3 is 6.09 Å². The fraction of sp³-hybridized carbons (Fsp3) is 0.529. The van der Waals surface area contributed by atoms with Crippen LogP contribution in [0.3, 0.4) is 0 Å². The van der Waals surface area contributed by atoms with Crippen molar-refractivity contribution in [2.75, 3.05) is 32.1 Å². The number of Topliss-reactive ketones (excluding diaryl/α,β-unsaturated/α-hetero) is 1. The highest BCUT2D eigenvalue weighted by atomic mass is 16.5. The Hall–Kier alpha value is -1.88. The third kappa shape index (κ3) is 2.73. The fourth-order valence-corrected chi connectivity index (χ4v) is 3.64. The first kappa shape index (κ1) is 15.0. The molecule has 1 aromatic carbocycles. The summed E-state index contributed by atoms with van der Waals surface area (Å²) in [5.41, 5.74) is 2.16. The summed E-state index contributed by atoms with van der Waals surface area (Å²) in [6.07, 6.45) is 2.24. The van der Waals surface area contributed by atoms with E-state index in [2.05, 4.69) is 11.0 Å². The molecule has 0 radical (unpaired) electrons. The molecule has 0 N–H and O–H groups in total. The van der Waals surface area contributed by atoms with Gasteiger partial charge in [0, 0.05) is 24.9 Å². The first-order valence-corrected chi connectivity index (χ1v) is 7.76. The highest BCUT2D eigenvalue weighted by molar-refractivity contribution is 5.90. The normalized spacial score (nSPS) is 25.2. The van der Waals surface area contributed by atoms with Gasteiger partial charge in [0.05, 0.1) is 19.3 Å². The maximum Gasteiger partial charge on any atom is 0.414 e. The maximum absolute atomic E-state index is 12.0. The number of hydrogen-bond acceptors (Lipinski definition) is 4. The molecule has 0 spiro atoms. The Morgan fingerprint density at radius 1 is 1.36 bits per heavy atom. The van der Waals surface area contributed by atoms with Gasteiger partial charge in [-0.25, -0.2) is 4.79 Å². The molecule has 2 unspecified atom stereocenters. The van der Waals surface area contributed by atoms with E-state index in [1.807, 2.05) is 25.2 Å². The van der Waals surface area contributed by atoms with Gasteiger partial charge in [0.25, 0.3) is 0 Å². The first-order valence-electron chi connectivity index (χ1n) is 7.76. The molecule has 0 aliphatic carbocycles. The zero-order chi connectivity index (χ0) is 15.7. The fourth-order valence-electron chi connectivity index (χ4n) is 3.64. The van der Waals surface area contributed by atoms with E-state index in [4.69, 9.17) is 4.74 Å². The molecule has 118 valence electrons. The molecule has 2 aliphatic rings. The van der Waals surface area contributed by atoms with Gasteiger partial charge in [-0.05, 0) is 31.5 Å². The molecule has 1 amide bonds. The van der Waals surface area contributed by atoms with Crippen LogP contribution in [0, 0.1) is 0 Å². The number of amides is 1. The smallest absolute Gasteiger partial charge is 0.414 e. The quantitative estimate of drug-likeness (QED) is 0.842. The molecule has 3 rings (SSSR count). The van der Waals surface area contributed by atoms with E-state index in [0.29, 0.717) is 37.3 Å². The molecule has 0 aromatic heterocycles. The molecule has 0 bridgehead atoms. The Labute approximate surface area is 130 Å². The second kappa shape index (κ2) is 6.08. The van der Waals surface area contributed by atoms with E-state index in [-0.39, 0.29) is 6.09 Å². The van der Waals surface area contributed by atoms with Crippen LogP contribution in [0.1, 0.15) is 30.7 Å². The molecule has 1 aromatic rings. The lowest BCUT2D eigenvalue weighted by Crippen LogP contribution is -2.42. The standard InChI is InChI=1S/C17H22N2O3/c1-18-11-14(20)8-7-13(18)9-12-10-19(17(21)22-2)16-6-4-3-5-15(12)16/h3-6,12-13H,7-11H2,1-2H3. The average molecular weight is 302 g/mol. The number of benzene rings is 1. The predicted octanol–water partition coefficient (Wildman–Crippen LogP) is 2.41. The number of likely N-dealkylation sites (N-methyl/N-ethyl adjacent to an activating group) is 1. The number of ether oxygens (including phenoxy) is 1. The third-order valence-corrected chi connectivity index (χ3v) is 4.83. The second-order valence-corrected chi connectivity index (χ2v) is 6.22. The summed E-state index contributed by atoms with van der Waals surface area (Å²) in [7, 11) is 3.43. The molecule has 2 heterocycles. The minimum atomic E-state index is -0.304. The van der Waals surface area contributed by atoms with E-state index in [1.165, 1.54) is 12.7 Å². The SMILES string of the molecule is COC(=O)N1CC(CC2CCC(=O)CN2C)c2ccccc21. The average Bonchev–Trinajstić information content (AvgIpc) is 2.88. The van der Waals surface area contributed by atoms with Crippen LogP contribution in [0.5, 0.6) is 0 Å². The lowest BCUT2D eigenvalue weighted by molar-refractivity contribution is -0.123. The maximum atomic E-state index is 12.0. The topological polar surface area (TPSA) is 49.9 Å². The van der Waals surface area contributed by atoms with Gasteiger partial charge in [0.2, 0.25) is 0 Å². The Balaban J connectivity index is 1.78. The number of nitrogens with zero attached hydrogens (tertiary/aromatic N) is 2. The number of carbonyl (C=O) groups excluding carboxylic acids is 2. The van der Waals surface area contributed by atoms with Gasteiger partial charge in [0.15, 0.2) is 0 Å². The van der Waals surface area contributed by atoms with Gasteiger partial charge in [0.1, 0.15) is 5.78 Å². The Morgan fingerprint density at radius 3 is 2.86 bits per heavy atom. The number of rotatable bonds is 2. The van der Waals surface area contributed by atoms with Crippen LogP contribution < -0.4 is 4.90 Å². The minimum absolute atomic E-state index is 0.302. The number of fused-ring (bicyclic) bond motifs is 1. The number of likely N-dealkylation sites (tertiary alicyclic amines) is 1. The van der Waals surface area contributed by atoms with E-state index in [0.717, 1.165) is 18.5 Å². The summed E-state index contributed by atoms with van der Waals surface area (Å²) < 4.78 is 4.90. The summed E-state index contributed by atoms with van der Waals surface area (Å²) in [5.74, 6) is 0.623.